The number of hydrogen-bond donors (Lipinski definition) is 0. The first-order valence-corrected chi connectivity index (χ1v) is 6.16. The maximum absolute atomic E-state index is 4.23. The number of halogens is 1. The van der Waals surface area contributed by atoms with Crippen LogP contribution in [0.2, 0.25) is 0 Å². The summed E-state index contributed by atoms with van der Waals surface area (Å²) >= 11 is 3.75. The van der Waals surface area contributed by atoms with E-state index in [1.165, 1.54) is 24.0 Å². The van der Waals surface area contributed by atoms with Crippen molar-refractivity contribution < 1.29 is 0 Å². The van der Waals surface area contributed by atoms with Gasteiger partial charge in [-0.1, -0.05) is 22.9 Å². The fourth-order valence-corrected chi connectivity index (χ4v) is 3.05. The summed E-state index contributed by atoms with van der Waals surface area (Å²) in [5, 5.41) is 0. The molecular weight excluding hydrogens is 238 g/mol. The summed E-state index contributed by atoms with van der Waals surface area (Å²) in [5.74, 6) is 1.44. The first-order valence-electron chi connectivity index (χ1n) is 5.24. The fraction of sp³-hybridized carbons (Fsp3) is 0.583. The van der Waals surface area contributed by atoms with Crippen LogP contribution in [0.5, 0.6) is 0 Å². The van der Waals surface area contributed by atoms with E-state index in [-0.39, 0.29) is 0 Å². The average molecular weight is 254 g/mol. The summed E-state index contributed by atoms with van der Waals surface area (Å²) in [6, 6.07) is 2.11. The Hall–Kier alpha value is -0.370. The van der Waals surface area contributed by atoms with Crippen LogP contribution in [0.3, 0.4) is 0 Å². The van der Waals surface area contributed by atoms with Crippen LogP contribution >= 0.6 is 15.9 Å². The second-order valence-electron chi connectivity index (χ2n) is 4.29. The third-order valence-corrected chi connectivity index (χ3v) is 4.73. The highest BCUT2D eigenvalue weighted by molar-refractivity contribution is 9.09. The van der Waals surface area contributed by atoms with Crippen LogP contribution in [0.1, 0.15) is 36.8 Å². The maximum atomic E-state index is 4.23. The van der Waals surface area contributed by atoms with Gasteiger partial charge in [0.2, 0.25) is 0 Å². The molecule has 0 amide bonds. The molecule has 76 valence electrons. The molecular formula is C12H16BrN. The molecule has 0 radical (unpaired) electrons. The largest absolute Gasteiger partial charge is 0.264 e. The van der Waals surface area contributed by atoms with Crippen LogP contribution in [0.25, 0.3) is 0 Å². The number of nitrogens with zero attached hydrogens (tertiary/aromatic N) is 1. The summed E-state index contributed by atoms with van der Waals surface area (Å²) in [5.41, 5.74) is 2.83. The van der Waals surface area contributed by atoms with Crippen LogP contribution in [0, 0.1) is 12.8 Å². The van der Waals surface area contributed by atoms with Crippen molar-refractivity contribution >= 4 is 15.9 Å². The van der Waals surface area contributed by atoms with Gasteiger partial charge >= 0.3 is 0 Å². The van der Waals surface area contributed by atoms with Crippen molar-refractivity contribution in [3.05, 3.63) is 29.6 Å². The van der Waals surface area contributed by atoms with Gasteiger partial charge in [0.25, 0.3) is 0 Å². The summed E-state index contributed by atoms with van der Waals surface area (Å²) in [6.07, 6.45) is 6.51. The van der Waals surface area contributed by atoms with Crippen molar-refractivity contribution in [3.63, 3.8) is 0 Å². The van der Waals surface area contributed by atoms with Crippen LogP contribution in [0.4, 0.5) is 0 Å². The van der Waals surface area contributed by atoms with Crippen molar-refractivity contribution in [2.75, 3.05) is 0 Å². The van der Waals surface area contributed by atoms with Crippen LogP contribution in [-0.4, -0.2) is 9.81 Å². The predicted molar refractivity (Wildman–Crippen MR) is 62.8 cm³/mol. The van der Waals surface area contributed by atoms with E-state index in [2.05, 4.69) is 40.8 Å². The molecule has 1 saturated carbocycles. The summed E-state index contributed by atoms with van der Waals surface area (Å²) in [7, 11) is 0. The van der Waals surface area contributed by atoms with Gasteiger partial charge in [0, 0.05) is 17.2 Å². The third-order valence-electron chi connectivity index (χ3n) is 3.44. The number of aryl methyl sites for hydroxylation is 1. The lowest BCUT2D eigenvalue weighted by atomic mass is 9.89. The molecule has 0 bridgehead atoms. The highest BCUT2D eigenvalue weighted by Gasteiger charge is 2.32. The van der Waals surface area contributed by atoms with E-state index in [1.54, 1.807) is 0 Å². The Bertz CT molecular complexity index is 324. The van der Waals surface area contributed by atoms with Gasteiger partial charge in [-0.3, -0.25) is 4.98 Å². The van der Waals surface area contributed by atoms with Gasteiger partial charge in [0.05, 0.1) is 0 Å². The lowest BCUT2D eigenvalue weighted by Gasteiger charge is -2.19. The summed E-state index contributed by atoms with van der Waals surface area (Å²) in [4.78, 5) is 4.92. The van der Waals surface area contributed by atoms with E-state index in [0.29, 0.717) is 10.7 Å². The highest BCUT2D eigenvalue weighted by Crippen LogP contribution is 2.43. The monoisotopic (exact) mass is 253 g/mol. The smallest absolute Gasteiger partial charge is 0.0305 e. The van der Waals surface area contributed by atoms with Gasteiger partial charge < -0.3 is 0 Å². The molecule has 14 heavy (non-hydrogen) atoms. The molecule has 0 saturated heterocycles. The second kappa shape index (κ2) is 4.01. The zero-order chi connectivity index (χ0) is 10.1. The van der Waals surface area contributed by atoms with Crippen molar-refractivity contribution in [1.29, 1.82) is 0 Å². The first kappa shape index (κ1) is 10.2. The van der Waals surface area contributed by atoms with E-state index < -0.39 is 0 Å². The topological polar surface area (TPSA) is 12.9 Å². The molecule has 0 N–H and O–H groups in total. The SMILES string of the molecule is Cc1ccncc1C1CCC(Br)C1C. The molecule has 3 atom stereocenters. The van der Waals surface area contributed by atoms with Crippen molar-refractivity contribution in [3.8, 4) is 0 Å². The molecule has 0 spiro atoms. The Labute approximate surface area is 94.1 Å². The van der Waals surface area contributed by atoms with Gasteiger partial charge in [-0.25, -0.2) is 0 Å². The van der Waals surface area contributed by atoms with E-state index in [9.17, 15) is 0 Å². The maximum Gasteiger partial charge on any atom is 0.0305 e. The molecule has 3 unspecified atom stereocenters. The quantitative estimate of drug-likeness (QED) is 0.697. The number of alkyl halides is 1. The molecule has 1 aliphatic carbocycles. The molecule has 1 aromatic heterocycles. The normalized spacial score (nSPS) is 32.1. The number of aromatic nitrogens is 1. The first-order chi connectivity index (χ1) is 6.70. The summed E-state index contributed by atoms with van der Waals surface area (Å²) in [6.45, 7) is 4.52. The molecule has 1 aliphatic rings. The molecule has 2 rings (SSSR count). The fourth-order valence-electron chi connectivity index (χ4n) is 2.42. The van der Waals surface area contributed by atoms with Crippen LogP contribution in [0.15, 0.2) is 18.5 Å². The molecule has 1 heterocycles. The summed E-state index contributed by atoms with van der Waals surface area (Å²) < 4.78 is 0. The Balaban J connectivity index is 2.28. The number of hydrogen-bond acceptors (Lipinski definition) is 1. The molecule has 1 nitrogen and oxygen atoms in total. The van der Waals surface area contributed by atoms with Crippen LogP contribution in [-0.2, 0) is 0 Å². The minimum atomic E-state index is 0.687. The molecule has 1 aromatic rings. The third kappa shape index (κ3) is 1.72. The Morgan fingerprint density at radius 2 is 2.21 bits per heavy atom. The van der Waals surface area contributed by atoms with E-state index in [0.717, 1.165) is 5.92 Å². The van der Waals surface area contributed by atoms with Gasteiger partial charge in [-0.05, 0) is 48.8 Å². The Morgan fingerprint density at radius 3 is 2.79 bits per heavy atom. The zero-order valence-electron chi connectivity index (χ0n) is 8.70. The van der Waals surface area contributed by atoms with Gasteiger partial charge in [0.15, 0.2) is 0 Å². The molecule has 0 aliphatic heterocycles. The second-order valence-corrected chi connectivity index (χ2v) is 5.47. The number of pyridine rings is 1. The van der Waals surface area contributed by atoms with E-state index >= 15 is 0 Å². The Morgan fingerprint density at radius 1 is 1.43 bits per heavy atom. The van der Waals surface area contributed by atoms with Gasteiger partial charge in [-0.15, -0.1) is 0 Å². The minimum absolute atomic E-state index is 0.687. The highest BCUT2D eigenvalue weighted by atomic mass is 79.9. The van der Waals surface area contributed by atoms with E-state index in [4.69, 9.17) is 0 Å². The average Bonchev–Trinajstić information content (AvgIpc) is 2.49. The minimum Gasteiger partial charge on any atom is -0.264 e. The Kier molecular flexibility index (Phi) is 2.91. The van der Waals surface area contributed by atoms with Gasteiger partial charge in [0.1, 0.15) is 0 Å². The van der Waals surface area contributed by atoms with E-state index in [1.807, 2.05) is 12.4 Å². The van der Waals surface area contributed by atoms with Crippen molar-refractivity contribution in [2.45, 2.75) is 37.4 Å². The van der Waals surface area contributed by atoms with Crippen molar-refractivity contribution in [2.24, 2.45) is 5.92 Å². The predicted octanol–water partition coefficient (Wildman–Crippen LogP) is 3.67. The standard InChI is InChI=1S/C12H16BrN/c1-8-5-6-14-7-11(8)10-3-4-12(13)9(10)2/h5-7,9-10,12H,3-4H2,1-2H3. The van der Waals surface area contributed by atoms with Crippen LogP contribution < -0.4 is 0 Å². The molecule has 2 heteroatoms. The van der Waals surface area contributed by atoms with Crippen molar-refractivity contribution in [1.82, 2.24) is 4.98 Å². The molecule has 1 fully saturated rings. The molecule has 0 aromatic carbocycles. The van der Waals surface area contributed by atoms with Gasteiger partial charge in [-0.2, -0.15) is 0 Å². The zero-order valence-corrected chi connectivity index (χ0v) is 10.3. The lowest BCUT2D eigenvalue weighted by Crippen LogP contribution is -2.10. The lowest BCUT2D eigenvalue weighted by molar-refractivity contribution is 0.541. The number of rotatable bonds is 1.